The Morgan fingerprint density at radius 1 is 1.20 bits per heavy atom. The lowest BCUT2D eigenvalue weighted by molar-refractivity contribution is -0.147. The molecule has 136 valence electrons. The topological polar surface area (TPSA) is 72.9 Å². The van der Waals surface area contributed by atoms with Gasteiger partial charge in [-0.2, -0.15) is 0 Å². The van der Waals surface area contributed by atoms with Gasteiger partial charge in [0.15, 0.2) is 12.4 Å². The summed E-state index contributed by atoms with van der Waals surface area (Å²) in [7, 11) is 0. The van der Waals surface area contributed by atoms with Gasteiger partial charge in [0.05, 0.1) is 6.61 Å². The molecular weight excluding hydrogens is 346 g/mol. The largest absolute Gasteiger partial charge is 0.456 e. The van der Waals surface area contributed by atoms with Crippen LogP contribution in [0.2, 0.25) is 5.02 Å². The summed E-state index contributed by atoms with van der Waals surface area (Å²) in [5.74, 6) is -0.688. The molecule has 1 heterocycles. The minimum atomic E-state index is -0.697. The fourth-order valence-corrected chi connectivity index (χ4v) is 2.63. The SMILES string of the molecule is CC(C)COC(=O)N1CCCC1C(=O)OCC(=O)c1ccc(Cl)cc1. The number of likely N-dealkylation sites (tertiary alicyclic amines) is 1. The first-order valence-corrected chi connectivity index (χ1v) is 8.65. The maximum absolute atomic E-state index is 12.2. The summed E-state index contributed by atoms with van der Waals surface area (Å²) in [6.07, 6.45) is 0.684. The Kier molecular flexibility index (Phi) is 6.82. The second-order valence-corrected chi connectivity index (χ2v) is 6.80. The Balaban J connectivity index is 1.87. The first kappa shape index (κ1) is 19.2. The predicted octanol–water partition coefficient (Wildman–Crippen LogP) is 3.32. The fourth-order valence-electron chi connectivity index (χ4n) is 2.50. The molecule has 1 atom stereocenters. The van der Waals surface area contributed by atoms with Crippen LogP contribution >= 0.6 is 11.6 Å². The molecule has 1 aliphatic rings. The molecule has 1 aliphatic heterocycles. The lowest BCUT2D eigenvalue weighted by Gasteiger charge is -2.23. The van der Waals surface area contributed by atoms with Crippen LogP contribution in [-0.2, 0) is 14.3 Å². The summed E-state index contributed by atoms with van der Waals surface area (Å²) in [6, 6.07) is 5.64. The number of esters is 1. The van der Waals surface area contributed by atoms with Gasteiger partial charge in [0.2, 0.25) is 0 Å². The number of ketones is 1. The van der Waals surface area contributed by atoms with Crippen molar-refractivity contribution in [3.8, 4) is 0 Å². The van der Waals surface area contributed by atoms with Crippen LogP contribution in [0.3, 0.4) is 0 Å². The Morgan fingerprint density at radius 2 is 1.88 bits per heavy atom. The van der Waals surface area contributed by atoms with Crippen molar-refractivity contribution in [2.75, 3.05) is 19.8 Å². The molecule has 7 heteroatoms. The molecule has 6 nitrogen and oxygen atoms in total. The minimum Gasteiger partial charge on any atom is -0.456 e. The van der Waals surface area contributed by atoms with Crippen LogP contribution in [0.15, 0.2) is 24.3 Å². The van der Waals surface area contributed by atoms with Crippen molar-refractivity contribution in [2.45, 2.75) is 32.7 Å². The van der Waals surface area contributed by atoms with E-state index in [1.807, 2.05) is 13.8 Å². The van der Waals surface area contributed by atoms with Crippen molar-refractivity contribution in [1.82, 2.24) is 4.90 Å². The van der Waals surface area contributed by atoms with E-state index < -0.39 is 18.1 Å². The third kappa shape index (κ3) is 5.46. The highest BCUT2D eigenvalue weighted by Gasteiger charge is 2.36. The molecule has 1 aromatic rings. The maximum atomic E-state index is 12.2. The van der Waals surface area contributed by atoms with E-state index in [1.54, 1.807) is 24.3 Å². The van der Waals surface area contributed by atoms with Crippen LogP contribution in [0.5, 0.6) is 0 Å². The summed E-state index contributed by atoms with van der Waals surface area (Å²) in [5, 5.41) is 0.523. The molecule has 0 N–H and O–H groups in total. The highest BCUT2D eigenvalue weighted by molar-refractivity contribution is 6.30. The molecule has 0 spiro atoms. The Hall–Kier alpha value is -2.08. The number of ether oxygens (including phenoxy) is 2. The molecule has 1 unspecified atom stereocenters. The summed E-state index contributed by atoms with van der Waals surface area (Å²) in [5.41, 5.74) is 0.414. The molecular formula is C18H22ClNO5. The molecule has 0 radical (unpaired) electrons. The number of rotatable bonds is 6. The van der Waals surface area contributed by atoms with Gasteiger partial charge >= 0.3 is 12.1 Å². The number of hydrogen-bond acceptors (Lipinski definition) is 5. The van der Waals surface area contributed by atoms with Gasteiger partial charge in [-0.15, -0.1) is 0 Å². The Bertz CT molecular complexity index is 629. The third-order valence-electron chi connectivity index (χ3n) is 3.81. The van der Waals surface area contributed by atoms with Crippen LogP contribution in [0.25, 0.3) is 0 Å². The third-order valence-corrected chi connectivity index (χ3v) is 4.06. The lowest BCUT2D eigenvalue weighted by Crippen LogP contribution is -2.42. The van der Waals surface area contributed by atoms with Crippen LogP contribution in [0.4, 0.5) is 4.79 Å². The fraction of sp³-hybridized carbons (Fsp3) is 0.500. The lowest BCUT2D eigenvalue weighted by atomic mass is 10.1. The number of nitrogens with zero attached hydrogens (tertiary/aromatic N) is 1. The number of carbonyl (C=O) groups is 3. The smallest absolute Gasteiger partial charge is 0.410 e. The van der Waals surface area contributed by atoms with Crippen LogP contribution in [0, 0.1) is 5.92 Å². The number of amides is 1. The average molecular weight is 368 g/mol. The van der Waals surface area contributed by atoms with E-state index in [9.17, 15) is 14.4 Å². The van der Waals surface area contributed by atoms with Crippen LogP contribution in [-0.4, -0.2) is 48.5 Å². The second kappa shape index (κ2) is 8.85. The number of hydrogen-bond donors (Lipinski definition) is 0. The predicted molar refractivity (Wildman–Crippen MR) is 92.7 cm³/mol. The van der Waals surface area contributed by atoms with Gasteiger partial charge in [0.1, 0.15) is 6.04 Å². The van der Waals surface area contributed by atoms with Crippen molar-refractivity contribution < 1.29 is 23.9 Å². The molecule has 1 fully saturated rings. The first-order valence-electron chi connectivity index (χ1n) is 8.27. The quantitative estimate of drug-likeness (QED) is 0.569. The number of halogens is 1. The Morgan fingerprint density at radius 3 is 2.52 bits per heavy atom. The molecule has 1 saturated heterocycles. The minimum absolute atomic E-state index is 0.217. The summed E-state index contributed by atoms with van der Waals surface area (Å²) < 4.78 is 10.3. The zero-order valence-electron chi connectivity index (χ0n) is 14.4. The number of carbonyl (C=O) groups excluding carboxylic acids is 3. The van der Waals surface area contributed by atoms with Gasteiger partial charge in [-0.05, 0) is 43.0 Å². The van der Waals surface area contributed by atoms with Crippen molar-refractivity contribution in [3.63, 3.8) is 0 Å². The molecule has 2 rings (SSSR count). The standard InChI is InChI=1S/C18H22ClNO5/c1-12(2)10-25-18(23)20-9-3-4-15(20)17(22)24-11-16(21)13-5-7-14(19)8-6-13/h5-8,12,15H,3-4,9-11H2,1-2H3. The van der Waals surface area contributed by atoms with Gasteiger partial charge in [0.25, 0.3) is 0 Å². The number of Topliss-reactive ketones (excluding diaryl/α,β-unsaturated/α-hetero) is 1. The summed E-state index contributed by atoms with van der Waals surface area (Å²) in [6.45, 7) is 4.25. The maximum Gasteiger partial charge on any atom is 0.410 e. The van der Waals surface area contributed by atoms with Gasteiger partial charge in [0, 0.05) is 17.1 Å². The first-order chi connectivity index (χ1) is 11.9. The van der Waals surface area contributed by atoms with Gasteiger partial charge in [-0.1, -0.05) is 25.4 Å². The zero-order valence-corrected chi connectivity index (χ0v) is 15.1. The van der Waals surface area contributed by atoms with Crippen molar-refractivity contribution >= 4 is 29.4 Å². The Labute approximate surface area is 152 Å². The molecule has 0 bridgehead atoms. The van der Waals surface area contributed by atoms with Gasteiger partial charge < -0.3 is 9.47 Å². The van der Waals surface area contributed by atoms with E-state index in [0.29, 0.717) is 36.6 Å². The van der Waals surface area contributed by atoms with E-state index in [-0.39, 0.29) is 18.3 Å². The van der Waals surface area contributed by atoms with Crippen molar-refractivity contribution in [3.05, 3.63) is 34.9 Å². The average Bonchev–Trinajstić information content (AvgIpc) is 3.07. The normalized spacial score (nSPS) is 16.8. The molecule has 1 amide bonds. The second-order valence-electron chi connectivity index (χ2n) is 6.36. The van der Waals surface area contributed by atoms with Crippen LogP contribution in [0.1, 0.15) is 37.0 Å². The van der Waals surface area contributed by atoms with Crippen molar-refractivity contribution in [1.29, 1.82) is 0 Å². The van der Waals surface area contributed by atoms with Crippen molar-refractivity contribution in [2.24, 2.45) is 5.92 Å². The van der Waals surface area contributed by atoms with Gasteiger partial charge in [-0.25, -0.2) is 9.59 Å². The van der Waals surface area contributed by atoms with E-state index in [0.717, 1.165) is 0 Å². The van der Waals surface area contributed by atoms with Crippen LogP contribution < -0.4 is 0 Å². The molecule has 1 aromatic carbocycles. The number of benzene rings is 1. The monoisotopic (exact) mass is 367 g/mol. The summed E-state index contributed by atoms with van der Waals surface area (Å²) in [4.78, 5) is 37.7. The van der Waals surface area contributed by atoms with Gasteiger partial charge in [-0.3, -0.25) is 9.69 Å². The zero-order chi connectivity index (χ0) is 18.4. The van der Waals surface area contributed by atoms with E-state index in [2.05, 4.69) is 0 Å². The molecule has 25 heavy (non-hydrogen) atoms. The van der Waals surface area contributed by atoms with E-state index >= 15 is 0 Å². The molecule has 0 aromatic heterocycles. The summed E-state index contributed by atoms with van der Waals surface area (Å²) >= 11 is 5.77. The molecule has 0 aliphatic carbocycles. The highest BCUT2D eigenvalue weighted by Crippen LogP contribution is 2.20. The highest BCUT2D eigenvalue weighted by atomic mass is 35.5. The molecule has 0 saturated carbocycles. The van der Waals surface area contributed by atoms with E-state index in [4.69, 9.17) is 21.1 Å². The van der Waals surface area contributed by atoms with E-state index in [1.165, 1.54) is 4.90 Å².